The van der Waals surface area contributed by atoms with Gasteiger partial charge in [-0.25, -0.2) is 0 Å². The molecule has 0 saturated heterocycles. The zero-order chi connectivity index (χ0) is 7.28. The summed E-state index contributed by atoms with van der Waals surface area (Å²) < 4.78 is 0. The predicted octanol–water partition coefficient (Wildman–Crippen LogP) is 1.62. The summed E-state index contributed by atoms with van der Waals surface area (Å²) >= 11 is 0. The molecule has 0 bridgehead atoms. The van der Waals surface area contributed by atoms with E-state index < -0.39 is 0 Å². The van der Waals surface area contributed by atoms with E-state index in [2.05, 4.69) is 18.3 Å². The lowest BCUT2D eigenvalue weighted by Gasteiger charge is -2.11. The fourth-order valence-electron chi connectivity index (χ4n) is 0.367. The normalized spacial score (nSPS) is 10.7. The van der Waals surface area contributed by atoms with Gasteiger partial charge in [0.1, 0.15) is 0 Å². The third-order valence-corrected chi connectivity index (χ3v) is 1.11. The highest BCUT2D eigenvalue weighted by molar-refractivity contribution is 5.26. The average Bonchev–Trinajstić information content (AvgIpc) is 1.87. The summed E-state index contributed by atoms with van der Waals surface area (Å²) in [6.07, 6.45) is 3.40. The van der Waals surface area contributed by atoms with Gasteiger partial charge in [-0.05, 0) is 19.8 Å². The highest BCUT2D eigenvalue weighted by Crippen LogP contribution is 1.98. The van der Waals surface area contributed by atoms with E-state index in [0.717, 1.165) is 5.70 Å². The Morgan fingerprint density at radius 3 is 2.56 bits per heavy atom. The number of hydrogen-bond acceptors (Lipinski definition) is 2. The molecule has 0 spiro atoms. The van der Waals surface area contributed by atoms with Crippen molar-refractivity contribution in [1.29, 1.82) is 0 Å². The Morgan fingerprint density at radius 2 is 2.22 bits per heavy atom. The van der Waals surface area contributed by atoms with Crippen molar-refractivity contribution in [3.63, 3.8) is 0 Å². The Hall–Kier alpha value is -1.05. The molecule has 0 atom stereocenters. The van der Waals surface area contributed by atoms with Crippen molar-refractivity contribution < 1.29 is 0 Å². The molecule has 9 heavy (non-hydrogen) atoms. The fourth-order valence-corrected chi connectivity index (χ4v) is 0.367. The number of allylic oxidation sites excluding steroid dienone is 1. The maximum Gasteiger partial charge on any atom is 0.0452 e. The van der Waals surface area contributed by atoms with Gasteiger partial charge in [0, 0.05) is 18.9 Å². The molecule has 0 fully saturated rings. The molecule has 0 rings (SSSR count). The molecule has 2 nitrogen and oxygen atoms in total. The first-order valence-corrected chi connectivity index (χ1v) is 2.70. The van der Waals surface area contributed by atoms with E-state index in [1.165, 1.54) is 0 Å². The van der Waals surface area contributed by atoms with Crippen LogP contribution < -0.4 is 0 Å². The van der Waals surface area contributed by atoms with Gasteiger partial charge in [-0.15, -0.1) is 0 Å². The van der Waals surface area contributed by atoms with Crippen LogP contribution in [0.15, 0.2) is 29.7 Å². The highest BCUT2D eigenvalue weighted by atomic mass is 15.1. The van der Waals surface area contributed by atoms with E-state index in [1.807, 2.05) is 18.9 Å². The van der Waals surface area contributed by atoms with Gasteiger partial charge in [0.05, 0.1) is 0 Å². The minimum Gasteiger partial charge on any atom is -0.354 e. The molecule has 0 heterocycles. The van der Waals surface area contributed by atoms with Crippen LogP contribution in [0.1, 0.15) is 6.92 Å². The first kappa shape index (κ1) is 7.95. The zero-order valence-corrected chi connectivity index (χ0v) is 5.96. The van der Waals surface area contributed by atoms with Crippen molar-refractivity contribution in [2.75, 3.05) is 7.05 Å². The van der Waals surface area contributed by atoms with Crippen LogP contribution >= 0.6 is 0 Å². The van der Waals surface area contributed by atoms with Crippen molar-refractivity contribution in [1.82, 2.24) is 4.90 Å². The second-order valence-electron chi connectivity index (χ2n) is 1.75. The molecule has 50 valence electrons. The molecule has 0 amide bonds. The van der Waals surface area contributed by atoms with E-state index in [-0.39, 0.29) is 0 Å². The minimum absolute atomic E-state index is 1.03. The SMILES string of the molecule is C=CN(C)/C(C)=C/N=C. The molecule has 0 aromatic carbocycles. The van der Waals surface area contributed by atoms with Crippen LogP contribution in [0.2, 0.25) is 0 Å². The van der Waals surface area contributed by atoms with Gasteiger partial charge in [-0.1, -0.05) is 6.58 Å². The van der Waals surface area contributed by atoms with Gasteiger partial charge in [0.2, 0.25) is 0 Å². The monoisotopic (exact) mass is 124 g/mol. The Bertz CT molecular complexity index is 136. The molecule has 0 unspecified atom stereocenters. The molecule has 0 radical (unpaired) electrons. The molecule has 0 aliphatic rings. The van der Waals surface area contributed by atoms with Crippen LogP contribution in [-0.4, -0.2) is 18.7 Å². The Labute approximate surface area is 56.2 Å². The summed E-state index contributed by atoms with van der Waals surface area (Å²) in [7, 11) is 1.91. The lowest BCUT2D eigenvalue weighted by molar-refractivity contribution is 0.570. The summed E-state index contributed by atoms with van der Waals surface area (Å²) in [6.45, 7) is 8.86. The van der Waals surface area contributed by atoms with Gasteiger partial charge in [-0.2, -0.15) is 0 Å². The molecule has 0 saturated carbocycles. The lowest BCUT2D eigenvalue weighted by Crippen LogP contribution is -2.05. The summed E-state index contributed by atoms with van der Waals surface area (Å²) in [4.78, 5) is 5.47. The largest absolute Gasteiger partial charge is 0.354 e. The minimum atomic E-state index is 1.03. The summed E-state index contributed by atoms with van der Waals surface area (Å²) in [6, 6.07) is 0. The van der Waals surface area contributed by atoms with Crippen LogP contribution in [0.4, 0.5) is 0 Å². The van der Waals surface area contributed by atoms with Gasteiger partial charge in [0.25, 0.3) is 0 Å². The van der Waals surface area contributed by atoms with Crippen molar-refractivity contribution in [3.8, 4) is 0 Å². The molecule has 0 aliphatic heterocycles. The fraction of sp³-hybridized carbons (Fsp3) is 0.286. The summed E-state index contributed by atoms with van der Waals surface area (Å²) in [5, 5.41) is 0. The topological polar surface area (TPSA) is 15.6 Å². The number of rotatable bonds is 3. The number of aliphatic imine (C=N–C) groups is 1. The molecule has 0 N–H and O–H groups in total. The number of nitrogens with zero attached hydrogens (tertiary/aromatic N) is 2. The third kappa shape index (κ3) is 2.69. The summed E-state index contributed by atoms with van der Waals surface area (Å²) in [5.41, 5.74) is 1.03. The predicted molar refractivity (Wildman–Crippen MR) is 41.3 cm³/mol. The maximum absolute atomic E-state index is 3.60. The molecule has 0 aromatic heterocycles. The van der Waals surface area contributed by atoms with E-state index in [9.17, 15) is 0 Å². The van der Waals surface area contributed by atoms with Crippen molar-refractivity contribution in [2.24, 2.45) is 4.99 Å². The van der Waals surface area contributed by atoms with Gasteiger partial charge < -0.3 is 4.90 Å². The average molecular weight is 124 g/mol. The van der Waals surface area contributed by atoms with Crippen LogP contribution in [0.5, 0.6) is 0 Å². The van der Waals surface area contributed by atoms with Crippen molar-refractivity contribution in [2.45, 2.75) is 6.92 Å². The lowest BCUT2D eigenvalue weighted by atomic mass is 10.5. The van der Waals surface area contributed by atoms with Crippen molar-refractivity contribution in [3.05, 3.63) is 24.7 Å². The third-order valence-electron chi connectivity index (χ3n) is 1.11. The van der Waals surface area contributed by atoms with E-state index >= 15 is 0 Å². The molecule has 2 heteroatoms. The van der Waals surface area contributed by atoms with E-state index in [0.29, 0.717) is 0 Å². The zero-order valence-electron chi connectivity index (χ0n) is 5.96. The second-order valence-corrected chi connectivity index (χ2v) is 1.75. The Kier molecular flexibility index (Phi) is 3.44. The van der Waals surface area contributed by atoms with E-state index in [4.69, 9.17) is 0 Å². The smallest absolute Gasteiger partial charge is 0.0452 e. The van der Waals surface area contributed by atoms with Gasteiger partial charge >= 0.3 is 0 Å². The summed E-state index contributed by atoms with van der Waals surface area (Å²) in [5.74, 6) is 0. The van der Waals surface area contributed by atoms with Crippen molar-refractivity contribution >= 4 is 6.72 Å². The first-order chi connectivity index (χ1) is 4.22. The van der Waals surface area contributed by atoms with Crippen LogP contribution in [-0.2, 0) is 0 Å². The van der Waals surface area contributed by atoms with E-state index in [1.54, 1.807) is 12.4 Å². The van der Waals surface area contributed by atoms with Crippen LogP contribution in [0, 0.1) is 0 Å². The first-order valence-electron chi connectivity index (χ1n) is 2.70. The maximum atomic E-state index is 3.60. The standard InChI is InChI=1S/C7H12N2/c1-5-9(4)7(2)6-8-3/h5-6H,1,3H2,2,4H3/b7-6+. The van der Waals surface area contributed by atoms with Gasteiger partial charge in [0.15, 0.2) is 0 Å². The number of hydrogen-bond donors (Lipinski definition) is 0. The molecular weight excluding hydrogens is 112 g/mol. The highest BCUT2D eigenvalue weighted by Gasteiger charge is 1.88. The Balaban J connectivity index is 3.99. The second kappa shape index (κ2) is 3.89. The Morgan fingerprint density at radius 1 is 1.67 bits per heavy atom. The molecule has 0 aromatic rings. The van der Waals surface area contributed by atoms with Gasteiger partial charge in [-0.3, -0.25) is 4.99 Å². The molecular formula is C7H12N2. The van der Waals surface area contributed by atoms with Crippen LogP contribution in [0.3, 0.4) is 0 Å². The van der Waals surface area contributed by atoms with Crippen LogP contribution in [0.25, 0.3) is 0 Å². The quantitative estimate of drug-likeness (QED) is 0.522. The molecule has 0 aliphatic carbocycles.